The minimum absolute atomic E-state index is 0.0505. The molecule has 0 saturated carbocycles. The summed E-state index contributed by atoms with van der Waals surface area (Å²) in [5, 5.41) is 6.69. The topological polar surface area (TPSA) is 42.7 Å². The maximum Gasteiger partial charge on any atom is 0.248 e. The van der Waals surface area contributed by atoms with E-state index in [0.29, 0.717) is 0 Å². The predicted molar refractivity (Wildman–Crippen MR) is 218 cm³/mol. The molecule has 0 N–H and O–H groups in total. The lowest BCUT2D eigenvalue weighted by molar-refractivity contribution is 0.669. The van der Waals surface area contributed by atoms with Gasteiger partial charge in [-0.1, -0.05) is 103 Å². The van der Waals surface area contributed by atoms with Gasteiger partial charge in [0.15, 0.2) is 0 Å². The molecule has 53 heavy (non-hydrogen) atoms. The molecule has 5 heterocycles. The van der Waals surface area contributed by atoms with Crippen LogP contribution in [0.2, 0.25) is 0 Å². The summed E-state index contributed by atoms with van der Waals surface area (Å²) in [6.07, 6.45) is 0. The van der Waals surface area contributed by atoms with Gasteiger partial charge in [-0.3, -0.25) is 0 Å². The Balaban J connectivity index is 1.16. The van der Waals surface area contributed by atoms with Crippen molar-refractivity contribution in [3.63, 3.8) is 0 Å². The van der Waals surface area contributed by atoms with Gasteiger partial charge in [0.2, 0.25) is 6.71 Å². The second-order valence-corrected chi connectivity index (χ2v) is 14.4. The molecule has 0 unspecified atom stereocenters. The summed E-state index contributed by atoms with van der Waals surface area (Å²) < 4.78 is 19.5. The van der Waals surface area contributed by atoms with Crippen LogP contribution in [0, 0.1) is 0 Å². The van der Waals surface area contributed by atoms with E-state index in [2.05, 4.69) is 138 Å². The molecule has 3 aromatic heterocycles. The van der Waals surface area contributed by atoms with Gasteiger partial charge >= 0.3 is 0 Å². The molecule has 2 aliphatic heterocycles. The molecule has 0 spiro atoms. The molecule has 11 aromatic rings. The normalized spacial score (nSPS) is 13.2. The van der Waals surface area contributed by atoms with Gasteiger partial charge in [-0.05, 0) is 88.3 Å². The quantitative estimate of drug-likeness (QED) is 0.171. The van der Waals surface area contributed by atoms with Gasteiger partial charge in [0, 0.05) is 54.9 Å². The van der Waals surface area contributed by atoms with Gasteiger partial charge in [-0.2, -0.15) is 0 Å². The van der Waals surface area contributed by atoms with E-state index in [1.165, 1.54) is 33.2 Å². The Morgan fingerprint density at radius 3 is 1.81 bits per heavy atom. The first-order valence-electron chi connectivity index (χ1n) is 18.1. The standard InChI is InChI=1S/C48H26BNO3/c1-5-16-38-30(10-1)37-22-27(29-14-9-15-34-31-11-2-8-19-44(31)53-48(29)34)23-41-47(37)49(38)39-26-46-36(33-13-4-7-18-43(33)52-46)25-40(39)50(41)28-20-21-45-35(24-28)32-12-3-6-17-42(32)51-45/h1-26H. The molecular formula is C48H26BNO3. The van der Waals surface area contributed by atoms with E-state index >= 15 is 0 Å². The fourth-order valence-electron chi connectivity index (χ4n) is 9.41. The predicted octanol–water partition coefficient (Wildman–Crippen LogP) is 11.3. The zero-order chi connectivity index (χ0) is 34.4. The molecule has 13 rings (SSSR count). The maximum absolute atomic E-state index is 6.63. The lowest BCUT2D eigenvalue weighted by Gasteiger charge is -2.36. The average Bonchev–Trinajstić information content (AvgIpc) is 3.96. The molecule has 0 atom stereocenters. The van der Waals surface area contributed by atoms with Gasteiger partial charge in [0.25, 0.3) is 0 Å². The van der Waals surface area contributed by atoms with Crippen molar-refractivity contribution in [3.8, 4) is 22.3 Å². The number of rotatable bonds is 2. The summed E-state index contributed by atoms with van der Waals surface area (Å²) in [6, 6.07) is 56.4. The van der Waals surface area contributed by atoms with Crippen molar-refractivity contribution in [2.24, 2.45) is 0 Å². The molecule has 0 aliphatic carbocycles. The van der Waals surface area contributed by atoms with Crippen LogP contribution in [0.25, 0.3) is 88.1 Å². The second kappa shape index (κ2) is 9.87. The molecule has 244 valence electrons. The number of anilines is 3. The Bertz CT molecular complexity index is 3380. The van der Waals surface area contributed by atoms with Crippen molar-refractivity contribution in [1.82, 2.24) is 0 Å². The molecule has 0 amide bonds. The Labute approximate surface area is 303 Å². The zero-order valence-corrected chi connectivity index (χ0v) is 28.3. The molecular weight excluding hydrogens is 649 g/mol. The molecule has 5 heteroatoms. The number of benzene rings is 8. The third-order valence-corrected chi connectivity index (χ3v) is 11.7. The molecule has 2 aliphatic rings. The first-order chi connectivity index (χ1) is 26.3. The highest BCUT2D eigenvalue weighted by Crippen LogP contribution is 2.47. The Morgan fingerprint density at radius 2 is 1.00 bits per heavy atom. The van der Waals surface area contributed by atoms with Crippen LogP contribution in [-0.4, -0.2) is 6.71 Å². The van der Waals surface area contributed by atoms with Crippen molar-refractivity contribution >= 4 is 106 Å². The Kier molecular flexibility index (Phi) is 5.16. The fraction of sp³-hybridized carbons (Fsp3) is 0. The van der Waals surface area contributed by atoms with Crippen LogP contribution in [0.15, 0.2) is 171 Å². The van der Waals surface area contributed by atoms with E-state index in [1.807, 2.05) is 24.3 Å². The van der Waals surface area contributed by atoms with Crippen LogP contribution in [0.4, 0.5) is 17.1 Å². The number of fused-ring (bicyclic) bond motifs is 14. The summed E-state index contributed by atoms with van der Waals surface area (Å²) in [6.45, 7) is 0.0505. The van der Waals surface area contributed by atoms with E-state index in [-0.39, 0.29) is 6.71 Å². The van der Waals surface area contributed by atoms with E-state index in [9.17, 15) is 0 Å². The number of furan rings is 3. The molecule has 0 fully saturated rings. The molecule has 8 aromatic carbocycles. The fourth-order valence-corrected chi connectivity index (χ4v) is 9.41. The van der Waals surface area contributed by atoms with Crippen molar-refractivity contribution in [1.29, 1.82) is 0 Å². The van der Waals surface area contributed by atoms with Crippen LogP contribution in [0.1, 0.15) is 0 Å². The van der Waals surface area contributed by atoms with Gasteiger partial charge < -0.3 is 18.2 Å². The zero-order valence-electron chi connectivity index (χ0n) is 28.3. The summed E-state index contributed by atoms with van der Waals surface area (Å²) >= 11 is 0. The van der Waals surface area contributed by atoms with Crippen LogP contribution < -0.4 is 21.3 Å². The Hall–Kier alpha value is -6.98. The second-order valence-electron chi connectivity index (χ2n) is 14.4. The summed E-state index contributed by atoms with van der Waals surface area (Å²) in [5.74, 6) is 0. The van der Waals surface area contributed by atoms with Crippen LogP contribution in [0.3, 0.4) is 0 Å². The monoisotopic (exact) mass is 675 g/mol. The van der Waals surface area contributed by atoms with Crippen molar-refractivity contribution in [2.75, 3.05) is 4.90 Å². The highest BCUT2D eigenvalue weighted by atomic mass is 16.3. The Morgan fingerprint density at radius 1 is 0.377 bits per heavy atom. The van der Waals surface area contributed by atoms with E-state index < -0.39 is 0 Å². The highest BCUT2D eigenvalue weighted by Gasteiger charge is 2.43. The number of hydrogen-bond acceptors (Lipinski definition) is 4. The SMILES string of the molecule is c1ccc2c(c1)B1c3cc4oc5ccccc5c4cc3N(c3ccc4oc5ccccc5c4c3)c3cc(-c4cccc5c4oc4ccccc45)cc-2c31. The first-order valence-corrected chi connectivity index (χ1v) is 18.1. The highest BCUT2D eigenvalue weighted by molar-refractivity contribution is 7.01. The molecule has 0 saturated heterocycles. The van der Waals surface area contributed by atoms with Crippen molar-refractivity contribution in [2.45, 2.75) is 0 Å². The third kappa shape index (κ3) is 3.61. The van der Waals surface area contributed by atoms with Gasteiger partial charge in [-0.25, -0.2) is 0 Å². The van der Waals surface area contributed by atoms with E-state index in [4.69, 9.17) is 13.3 Å². The van der Waals surface area contributed by atoms with Crippen molar-refractivity contribution in [3.05, 3.63) is 158 Å². The first kappa shape index (κ1) is 27.7. The average molecular weight is 676 g/mol. The van der Waals surface area contributed by atoms with Gasteiger partial charge in [-0.15, -0.1) is 0 Å². The lowest BCUT2D eigenvalue weighted by atomic mass is 9.37. The minimum atomic E-state index is 0.0505. The number of para-hydroxylation sites is 4. The van der Waals surface area contributed by atoms with Crippen LogP contribution in [-0.2, 0) is 0 Å². The van der Waals surface area contributed by atoms with E-state index in [1.54, 1.807) is 0 Å². The smallest absolute Gasteiger partial charge is 0.248 e. The number of hydrogen-bond donors (Lipinski definition) is 0. The van der Waals surface area contributed by atoms with Crippen LogP contribution in [0.5, 0.6) is 0 Å². The molecule has 4 nitrogen and oxygen atoms in total. The van der Waals surface area contributed by atoms with Gasteiger partial charge in [0.1, 0.15) is 33.5 Å². The maximum atomic E-state index is 6.63. The largest absolute Gasteiger partial charge is 0.456 e. The minimum Gasteiger partial charge on any atom is -0.456 e. The summed E-state index contributed by atoms with van der Waals surface area (Å²) in [7, 11) is 0. The summed E-state index contributed by atoms with van der Waals surface area (Å²) in [4.78, 5) is 2.47. The summed E-state index contributed by atoms with van der Waals surface area (Å²) in [5.41, 5.74) is 17.4. The van der Waals surface area contributed by atoms with Crippen LogP contribution >= 0.6 is 0 Å². The third-order valence-electron chi connectivity index (χ3n) is 11.7. The van der Waals surface area contributed by atoms with Gasteiger partial charge in [0.05, 0.1) is 0 Å². The van der Waals surface area contributed by atoms with E-state index in [0.717, 1.165) is 88.3 Å². The lowest BCUT2D eigenvalue weighted by Crippen LogP contribution is -2.54. The molecule has 0 bridgehead atoms. The molecule has 0 radical (unpaired) electrons. The van der Waals surface area contributed by atoms with Crippen molar-refractivity contribution < 1.29 is 13.3 Å². The number of nitrogens with zero attached hydrogens (tertiary/aromatic N) is 1.